The van der Waals surface area contributed by atoms with Gasteiger partial charge in [-0.1, -0.05) is 13.8 Å². The number of carbonyl (C=O) groups excluding carboxylic acids is 1. The molecule has 1 aromatic heterocycles. The summed E-state index contributed by atoms with van der Waals surface area (Å²) in [5, 5.41) is 6.67. The van der Waals surface area contributed by atoms with E-state index in [1.54, 1.807) is 11.0 Å². The van der Waals surface area contributed by atoms with Crippen molar-refractivity contribution in [2.75, 3.05) is 6.54 Å². The number of nitrogens with zero attached hydrogens (tertiary/aromatic N) is 3. The molecule has 1 atom stereocenters. The second kappa shape index (κ2) is 7.19. The van der Waals surface area contributed by atoms with Crippen molar-refractivity contribution >= 4 is 18.3 Å². The lowest BCUT2D eigenvalue weighted by atomic mass is 10.1. The normalized spacial score (nSPS) is 12.0. The molecule has 0 fully saturated rings. The van der Waals surface area contributed by atoms with E-state index in [0.717, 1.165) is 0 Å². The molecule has 0 aliphatic rings. The molecule has 0 unspecified atom stereocenters. The van der Waals surface area contributed by atoms with Gasteiger partial charge in [-0.3, -0.25) is 9.48 Å². The van der Waals surface area contributed by atoms with Gasteiger partial charge >= 0.3 is 0 Å². The number of rotatable bonds is 5. The lowest BCUT2D eigenvalue weighted by Gasteiger charge is -2.15. The molecule has 0 saturated heterocycles. The molecule has 0 saturated carbocycles. The number of hydrogen-bond donors (Lipinski definition) is 2. The topological polar surface area (TPSA) is 85.8 Å². The van der Waals surface area contributed by atoms with Crippen molar-refractivity contribution in [2.45, 2.75) is 26.4 Å². The van der Waals surface area contributed by atoms with Crippen LogP contribution >= 0.6 is 12.4 Å². The summed E-state index contributed by atoms with van der Waals surface area (Å²) in [6, 6.07) is -0.444. The third-order valence-corrected chi connectivity index (χ3v) is 2.13. The van der Waals surface area contributed by atoms with Crippen LogP contribution in [-0.2, 0) is 11.3 Å². The molecule has 3 N–H and O–H groups in total. The average molecular weight is 248 g/mol. The lowest BCUT2D eigenvalue weighted by Crippen LogP contribution is -2.44. The fourth-order valence-corrected chi connectivity index (χ4v) is 1.06. The third-order valence-electron chi connectivity index (χ3n) is 2.13. The minimum atomic E-state index is -0.444. The van der Waals surface area contributed by atoms with Gasteiger partial charge in [0.2, 0.25) is 5.91 Å². The van der Waals surface area contributed by atoms with E-state index in [2.05, 4.69) is 15.4 Å². The maximum Gasteiger partial charge on any atom is 0.237 e. The maximum atomic E-state index is 11.4. The molecule has 0 radical (unpaired) electrons. The minimum absolute atomic E-state index is 0. The minimum Gasteiger partial charge on any atom is -0.353 e. The van der Waals surface area contributed by atoms with Gasteiger partial charge in [-0.25, -0.2) is 4.98 Å². The van der Waals surface area contributed by atoms with Crippen LogP contribution in [0.5, 0.6) is 0 Å². The van der Waals surface area contributed by atoms with Crippen LogP contribution < -0.4 is 11.1 Å². The van der Waals surface area contributed by atoms with Crippen LogP contribution in [0.25, 0.3) is 0 Å². The summed E-state index contributed by atoms with van der Waals surface area (Å²) in [6.07, 6.45) is 3.07. The summed E-state index contributed by atoms with van der Waals surface area (Å²) in [4.78, 5) is 15.2. The zero-order valence-corrected chi connectivity index (χ0v) is 10.3. The standard InChI is InChI=1S/C9H17N5O.ClH/c1-7(2)8(10)9(15)12-3-4-14-6-11-5-13-14;/h5-8H,3-4,10H2,1-2H3,(H,12,15);1H/t8-;/m1./s1. The second-order valence-corrected chi connectivity index (χ2v) is 3.72. The van der Waals surface area contributed by atoms with Crippen molar-refractivity contribution in [2.24, 2.45) is 11.7 Å². The van der Waals surface area contributed by atoms with Crippen LogP contribution in [0.2, 0.25) is 0 Å². The summed E-state index contributed by atoms with van der Waals surface area (Å²) >= 11 is 0. The van der Waals surface area contributed by atoms with Gasteiger partial charge < -0.3 is 11.1 Å². The molecule has 7 heteroatoms. The average Bonchev–Trinajstić information content (AvgIpc) is 2.69. The number of aromatic nitrogens is 3. The van der Waals surface area contributed by atoms with Gasteiger partial charge in [-0.15, -0.1) is 12.4 Å². The highest BCUT2D eigenvalue weighted by molar-refractivity contribution is 5.85. The number of amides is 1. The van der Waals surface area contributed by atoms with Crippen LogP contribution in [0, 0.1) is 5.92 Å². The van der Waals surface area contributed by atoms with Crippen LogP contribution in [0.3, 0.4) is 0 Å². The Balaban J connectivity index is 0.00000225. The number of carbonyl (C=O) groups is 1. The summed E-state index contributed by atoms with van der Waals surface area (Å²) in [5.74, 6) is 0.0292. The van der Waals surface area contributed by atoms with Gasteiger partial charge in [-0.2, -0.15) is 5.10 Å². The van der Waals surface area contributed by atoms with Crippen molar-refractivity contribution in [1.82, 2.24) is 20.1 Å². The van der Waals surface area contributed by atoms with Gasteiger partial charge in [-0.05, 0) is 5.92 Å². The second-order valence-electron chi connectivity index (χ2n) is 3.72. The molecule has 0 spiro atoms. The van der Waals surface area contributed by atoms with E-state index in [-0.39, 0.29) is 24.2 Å². The molecular formula is C9H18ClN5O. The molecule has 0 aliphatic carbocycles. The SMILES string of the molecule is CC(C)[C@@H](N)C(=O)NCCn1cncn1.Cl. The Labute approximate surface area is 101 Å². The van der Waals surface area contributed by atoms with Gasteiger partial charge in [0.05, 0.1) is 12.6 Å². The first-order chi connectivity index (χ1) is 7.11. The molecule has 6 nitrogen and oxygen atoms in total. The van der Waals surface area contributed by atoms with Crippen molar-refractivity contribution in [1.29, 1.82) is 0 Å². The van der Waals surface area contributed by atoms with E-state index in [4.69, 9.17) is 5.73 Å². The molecule has 92 valence electrons. The molecule has 1 aromatic rings. The Morgan fingerprint density at radius 2 is 2.25 bits per heavy atom. The molecule has 1 amide bonds. The van der Waals surface area contributed by atoms with Crippen molar-refractivity contribution < 1.29 is 4.79 Å². The Morgan fingerprint density at radius 3 is 2.75 bits per heavy atom. The molecule has 0 aromatic carbocycles. The summed E-state index contributed by atoms with van der Waals surface area (Å²) in [6.45, 7) is 4.96. The van der Waals surface area contributed by atoms with Gasteiger partial charge in [0.1, 0.15) is 12.7 Å². The largest absolute Gasteiger partial charge is 0.353 e. The monoisotopic (exact) mass is 247 g/mol. The number of nitrogens with two attached hydrogens (primary N) is 1. The smallest absolute Gasteiger partial charge is 0.237 e. The number of nitrogens with one attached hydrogen (secondary N) is 1. The molecule has 16 heavy (non-hydrogen) atoms. The van der Waals surface area contributed by atoms with Gasteiger partial charge in [0.15, 0.2) is 0 Å². The molecule has 1 heterocycles. The predicted molar refractivity (Wildman–Crippen MR) is 63.1 cm³/mol. The summed E-state index contributed by atoms with van der Waals surface area (Å²) in [7, 11) is 0. The molecule has 1 rings (SSSR count). The van der Waals surface area contributed by atoms with E-state index in [1.807, 2.05) is 13.8 Å². The van der Waals surface area contributed by atoms with Crippen molar-refractivity contribution in [3.63, 3.8) is 0 Å². The lowest BCUT2D eigenvalue weighted by molar-refractivity contribution is -0.123. The Bertz CT molecular complexity index is 301. The predicted octanol–water partition coefficient (Wildman–Crippen LogP) is -0.201. The van der Waals surface area contributed by atoms with E-state index in [9.17, 15) is 4.79 Å². The first kappa shape index (κ1) is 14.9. The molecule has 0 aliphatic heterocycles. The fourth-order valence-electron chi connectivity index (χ4n) is 1.06. The van der Waals surface area contributed by atoms with Gasteiger partial charge in [0, 0.05) is 6.54 Å². The number of halogens is 1. The van der Waals surface area contributed by atoms with Crippen LogP contribution in [0.1, 0.15) is 13.8 Å². The zero-order chi connectivity index (χ0) is 11.3. The molecular weight excluding hydrogens is 230 g/mol. The van der Waals surface area contributed by atoms with E-state index < -0.39 is 6.04 Å². The van der Waals surface area contributed by atoms with Crippen LogP contribution in [-0.4, -0.2) is 33.3 Å². The van der Waals surface area contributed by atoms with Crippen molar-refractivity contribution in [3.8, 4) is 0 Å². The summed E-state index contributed by atoms with van der Waals surface area (Å²) < 4.78 is 1.65. The highest BCUT2D eigenvalue weighted by Gasteiger charge is 2.16. The summed E-state index contributed by atoms with van der Waals surface area (Å²) in [5.41, 5.74) is 5.67. The third kappa shape index (κ3) is 4.59. The van der Waals surface area contributed by atoms with Crippen LogP contribution in [0.15, 0.2) is 12.7 Å². The maximum absolute atomic E-state index is 11.4. The Morgan fingerprint density at radius 1 is 1.56 bits per heavy atom. The Hall–Kier alpha value is -1.14. The first-order valence-corrected chi connectivity index (χ1v) is 4.97. The Kier molecular flexibility index (Phi) is 6.67. The van der Waals surface area contributed by atoms with Gasteiger partial charge in [0.25, 0.3) is 0 Å². The highest BCUT2D eigenvalue weighted by Crippen LogP contribution is 1.97. The highest BCUT2D eigenvalue weighted by atomic mass is 35.5. The van der Waals surface area contributed by atoms with Crippen molar-refractivity contribution in [3.05, 3.63) is 12.7 Å². The number of hydrogen-bond acceptors (Lipinski definition) is 4. The van der Waals surface area contributed by atoms with Crippen LogP contribution in [0.4, 0.5) is 0 Å². The van der Waals surface area contributed by atoms with E-state index in [1.165, 1.54) is 6.33 Å². The van der Waals surface area contributed by atoms with E-state index >= 15 is 0 Å². The quantitative estimate of drug-likeness (QED) is 0.755. The first-order valence-electron chi connectivity index (χ1n) is 4.97. The fraction of sp³-hybridized carbons (Fsp3) is 0.667. The zero-order valence-electron chi connectivity index (χ0n) is 9.46. The van der Waals surface area contributed by atoms with E-state index in [0.29, 0.717) is 13.1 Å². The molecule has 0 bridgehead atoms.